The van der Waals surface area contributed by atoms with Crippen molar-refractivity contribution in [3.05, 3.63) is 12.1 Å². The molecule has 27 heavy (non-hydrogen) atoms. The molecule has 2 aliphatic heterocycles. The Bertz CT molecular complexity index is 643. The number of carbonyl (C=O) groups is 1. The van der Waals surface area contributed by atoms with Crippen LogP contribution in [0.5, 0.6) is 5.88 Å². The Labute approximate surface area is 162 Å². The van der Waals surface area contributed by atoms with E-state index in [1.807, 2.05) is 12.1 Å². The topological polar surface area (TPSA) is 79.4 Å². The van der Waals surface area contributed by atoms with E-state index < -0.39 is 0 Å². The quantitative estimate of drug-likeness (QED) is 0.839. The van der Waals surface area contributed by atoms with Gasteiger partial charge in [0.1, 0.15) is 0 Å². The summed E-state index contributed by atoms with van der Waals surface area (Å²) in [6.07, 6.45) is 3.80. The highest BCUT2D eigenvalue weighted by molar-refractivity contribution is 5.80. The molecule has 150 valence electrons. The van der Waals surface area contributed by atoms with Crippen LogP contribution in [0.15, 0.2) is 12.1 Å². The third kappa shape index (κ3) is 5.09. The van der Waals surface area contributed by atoms with Gasteiger partial charge in [0.2, 0.25) is 11.8 Å². The average Bonchev–Trinajstić information content (AvgIpc) is 2.59. The third-order valence-corrected chi connectivity index (χ3v) is 5.49. The van der Waals surface area contributed by atoms with E-state index >= 15 is 0 Å². The van der Waals surface area contributed by atoms with Gasteiger partial charge in [-0.1, -0.05) is 0 Å². The number of rotatable bonds is 4. The van der Waals surface area contributed by atoms with E-state index in [4.69, 9.17) is 4.74 Å². The van der Waals surface area contributed by atoms with Gasteiger partial charge in [-0.15, -0.1) is 10.2 Å². The number of aromatic nitrogens is 2. The number of ether oxygens (including phenoxy) is 1. The lowest BCUT2D eigenvalue weighted by Gasteiger charge is -2.47. The van der Waals surface area contributed by atoms with E-state index in [0.717, 1.165) is 38.0 Å². The number of carbonyl (C=O) groups excluding carboxylic acids is 1. The molecule has 7 nitrogen and oxygen atoms in total. The summed E-state index contributed by atoms with van der Waals surface area (Å²) in [5.41, 5.74) is 0.0496. The third-order valence-electron chi connectivity index (χ3n) is 5.49. The van der Waals surface area contributed by atoms with Crippen molar-refractivity contribution in [3.63, 3.8) is 0 Å². The van der Waals surface area contributed by atoms with E-state index in [1.165, 1.54) is 0 Å². The molecule has 7 heteroatoms. The molecule has 1 unspecified atom stereocenters. The Kier molecular flexibility index (Phi) is 5.60. The molecule has 2 saturated heterocycles. The van der Waals surface area contributed by atoms with Crippen molar-refractivity contribution in [2.45, 2.75) is 70.5 Å². The van der Waals surface area contributed by atoms with E-state index in [-0.39, 0.29) is 28.9 Å². The summed E-state index contributed by atoms with van der Waals surface area (Å²) in [4.78, 5) is 15.1. The van der Waals surface area contributed by atoms with Crippen LogP contribution in [0.4, 0.5) is 5.82 Å². The van der Waals surface area contributed by atoms with Gasteiger partial charge in [0.15, 0.2) is 5.82 Å². The highest BCUT2D eigenvalue weighted by Crippen LogP contribution is 2.29. The lowest BCUT2D eigenvalue weighted by molar-refractivity contribution is -0.126. The van der Waals surface area contributed by atoms with Crippen molar-refractivity contribution >= 4 is 11.7 Å². The van der Waals surface area contributed by atoms with Gasteiger partial charge in [0, 0.05) is 36.3 Å². The first-order valence-electron chi connectivity index (χ1n) is 9.90. The molecule has 0 bridgehead atoms. The molecule has 2 aliphatic rings. The monoisotopic (exact) mass is 375 g/mol. The van der Waals surface area contributed by atoms with Crippen LogP contribution in [0, 0.1) is 5.92 Å². The van der Waals surface area contributed by atoms with Crippen LogP contribution in [0.1, 0.15) is 53.4 Å². The maximum absolute atomic E-state index is 13.0. The van der Waals surface area contributed by atoms with Gasteiger partial charge in [0.05, 0.1) is 13.0 Å². The van der Waals surface area contributed by atoms with Gasteiger partial charge >= 0.3 is 0 Å². The predicted octanol–water partition coefficient (Wildman–Crippen LogP) is 2.13. The first-order chi connectivity index (χ1) is 12.7. The Morgan fingerprint density at radius 3 is 2.52 bits per heavy atom. The molecule has 1 aromatic rings. The molecule has 3 heterocycles. The molecule has 0 radical (unpaired) electrons. The van der Waals surface area contributed by atoms with E-state index in [1.54, 1.807) is 7.11 Å². The van der Waals surface area contributed by atoms with Gasteiger partial charge in [-0.25, -0.2) is 0 Å². The van der Waals surface area contributed by atoms with Crippen molar-refractivity contribution in [1.29, 1.82) is 0 Å². The summed E-state index contributed by atoms with van der Waals surface area (Å²) < 4.78 is 5.07. The lowest BCUT2D eigenvalue weighted by Crippen LogP contribution is -2.62. The maximum Gasteiger partial charge on any atom is 0.233 e. The molecule has 1 amide bonds. The van der Waals surface area contributed by atoms with Gasteiger partial charge in [-0.2, -0.15) is 0 Å². The van der Waals surface area contributed by atoms with Crippen LogP contribution in [0.2, 0.25) is 0 Å². The second-order valence-electron chi connectivity index (χ2n) is 9.23. The van der Waals surface area contributed by atoms with Crippen molar-refractivity contribution in [1.82, 2.24) is 20.8 Å². The van der Waals surface area contributed by atoms with E-state index in [2.05, 4.69) is 53.4 Å². The zero-order valence-electron chi connectivity index (χ0n) is 17.2. The van der Waals surface area contributed by atoms with E-state index in [0.29, 0.717) is 12.4 Å². The zero-order chi connectivity index (χ0) is 19.7. The minimum Gasteiger partial charge on any atom is -0.480 e. The summed E-state index contributed by atoms with van der Waals surface area (Å²) in [5, 5.41) is 15.3. The molecule has 1 aromatic heterocycles. The van der Waals surface area contributed by atoms with Crippen LogP contribution in [0.3, 0.4) is 0 Å². The number of hydrogen-bond donors (Lipinski definition) is 2. The molecule has 3 rings (SSSR count). The number of nitrogens with one attached hydrogen (secondary N) is 2. The molecular weight excluding hydrogens is 342 g/mol. The van der Waals surface area contributed by atoms with Gasteiger partial charge in [-0.3, -0.25) is 4.79 Å². The fourth-order valence-electron chi connectivity index (χ4n) is 4.73. The van der Waals surface area contributed by atoms with Gasteiger partial charge in [-0.05, 0) is 59.4 Å². The Hall–Kier alpha value is -1.89. The molecular formula is C20H33N5O2. The maximum atomic E-state index is 13.0. The molecule has 1 atom stereocenters. The minimum atomic E-state index is -0.0104. The fourth-order valence-corrected chi connectivity index (χ4v) is 4.73. The first kappa shape index (κ1) is 19.9. The summed E-state index contributed by atoms with van der Waals surface area (Å²) >= 11 is 0. The fraction of sp³-hybridized carbons (Fsp3) is 0.750. The second-order valence-corrected chi connectivity index (χ2v) is 9.23. The van der Waals surface area contributed by atoms with Crippen molar-refractivity contribution in [2.75, 3.05) is 25.1 Å². The van der Waals surface area contributed by atoms with E-state index in [9.17, 15) is 4.79 Å². The Balaban J connectivity index is 1.61. The van der Waals surface area contributed by atoms with Crippen molar-refractivity contribution < 1.29 is 9.53 Å². The molecule has 0 aromatic carbocycles. The SMILES string of the molecule is COc1ccc(N2CCCC(C(=O)NC3CC(C)(C)NC(C)(C)C3)C2)nn1. The van der Waals surface area contributed by atoms with Crippen LogP contribution >= 0.6 is 0 Å². The van der Waals surface area contributed by atoms with Crippen molar-refractivity contribution in [3.8, 4) is 5.88 Å². The number of nitrogens with zero attached hydrogens (tertiary/aromatic N) is 3. The number of piperidine rings is 2. The molecule has 2 N–H and O–H groups in total. The zero-order valence-corrected chi connectivity index (χ0v) is 17.2. The average molecular weight is 376 g/mol. The standard InChI is InChI=1S/C20H33N5O2/c1-19(2)11-15(12-20(3,4)24-19)21-18(26)14-7-6-10-25(13-14)16-8-9-17(27-5)23-22-16/h8-9,14-15,24H,6-7,10-13H2,1-5H3,(H,21,26). The minimum absolute atomic E-state index is 0.0104. The Morgan fingerprint density at radius 2 is 1.93 bits per heavy atom. The number of anilines is 1. The smallest absolute Gasteiger partial charge is 0.233 e. The van der Waals surface area contributed by atoms with Gasteiger partial charge < -0.3 is 20.3 Å². The molecule has 0 spiro atoms. The largest absolute Gasteiger partial charge is 0.480 e. The van der Waals surface area contributed by atoms with Crippen LogP contribution < -0.4 is 20.3 Å². The predicted molar refractivity (Wildman–Crippen MR) is 106 cm³/mol. The second kappa shape index (κ2) is 7.62. The van der Waals surface area contributed by atoms with Gasteiger partial charge in [0.25, 0.3) is 0 Å². The summed E-state index contributed by atoms with van der Waals surface area (Å²) in [6.45, 7) is 10.4. The highest BCUT2D eigenvalue weighted by atomic mass is 16.5. The molecule has 0 aliphatic carbocycles. The summed E-state index contributed by atoms with van der Waals surface area (Å²) in [7, 11) is 1.58. The number of methoxy groups -OCH3 is 1. The van der Waals surface area contributed by atoms with Crippen LogP contribution in [-0.2, 0) is 4.79 Å². The lowest BCUT2D eigenvalue weighted by atomic mass is 9.79. The molecule has 0 saturated carbocycles. The highest BCUT2D eigenvalue weighted by Gasteiger charge is 2.39. The van der Waals surface area contributed by atoms with Crippen LogP contribution in [-0.4, -0.2) is 53.4 Å². The molecule has 2 fully saturated rings. The normalized spacial score (nSPS) is 25.1. The summed E-state index contributed by atoms with van der Waals surface area (Å²) in [5.74, 6) is 1.46. The number of hydrogen-bond acceptors (Lipinski definition) is 6. The van der Waals surface area contributed by atoms with Crippen molar-refractivity contribution in [2.24, 2.45) is 5.92 Å². The Morgan fingerprint density at radius 1 is 1.22 bits per heavy atom. The summed E-state index contributed by atoms with van der Waals surface area (Å²) in [6, 6.07) is 3.93. The van der Waals surface area contributed by atoms with Crippen LogP contribution in [0.25, 0.3) is 0 Å². The number of amides is 1. The first-order valence-corrected chi connectivity index (χ1v) is 9.90.